The molecule has 0 saturated heterocycles. The van der Waals surface area contributed by atoms with Crippen molar-refractivity contribution >= 4 is 23.3 Å². The van der Waals surface area contributed by atoms with E-state index in [9.17, 15) is 0 Å². The minimum Gasteiger partial charge on any atom is -0.278 e. The smallest absolute Gasteiger partial charge is 0.0125 e. The van der Waals surface area contributed by atoms with Crippen LogP contribution in [0.15, 0.2) is 17.5 Å². The first-order valence-electron chi connectivity index (χ1n) is 2.77. The summed E-state index contributed by atoms with van der Waals surface area (Å²) in [6.45, 7) is 0. The molecule has 0 spiro atoms. The topological polar surface area (TPSA) is 26.0 Å². The zero-order valence-corrected chi connectivity index (χ0v) is 6.67. The van der Waals surface area contributed by atoms with Crippen molar-refractivity contribution in [3.63, 3.8) is 0 Å². The minimum absolute atomic E-state index is 1.03. The normalized spacial score (nSPS) is 9.89. The van der Waals surface area contributed by atoms with Crippen molar-refractivity contribution in [3.8, 4) is 0 Å². The van der Waals surface area contributed by atoms with Crippen molar-refractivity contribution in [1.82, 2.24) is 0 Å². The van der Waals surface area contributed by atoms with Crippen LogP contribution in [0.4, 0.5) is 0 Å². The molecule has 9 heavy (non-hydrogen) atoms. The molecule has 3 heteroatoms. The fourth-order valence-electron chi connectivity index (χ4n) is 0.614. The van der Waals surface area contributed by atoms with Crippen LogP contribution in [0, 0.1) is 0 Å². The Morgan fingerprint density at radius 2 is 2.56 bits per heavy atom. The van der Waals surface area contributed by atoms with E-state index < -0.39 is 0 Å². The summed E-state index contributed by atoms with van der Waals surface area (Å²) in [5.74, 6) is 1.03. The van der Waals surface area contributed by atoms with Gasteiger partial charge in [-0.2, -0.15) is 0 Å². The van der Waals surface area contributed by atoms with Crippen molar-refractivity contribution in [2.75, 3.05) is 5.75 Å². The van der Waals surface area contributed by atoms with Gasteiger partial charge < -0.3 is 0 Å². The maximum absolute atomic E-state index is 5.27. The summed E-state index contributed by atoms with van der Waals surface area (Å²) < 4.78 is 0. The fraction of sp³-hybridized carbons (Fsp3) is 0.333. The Hall–Kier alpha value is 0.01000. The summed E-state index contributed by atoms with van der Waals surface area (Å²) in [6.07, 6.45) is 1.11. The molecule has 0 aliphatic rings. The van der Waals surface area contributed by atoms with Gasteiger partial charge in [-0.3, -0.25) is 5.14 Å². The van der Waals surface area contributed by atoms with Gasteiger partial charge in [-0.25, -0.2) is 0 Å². The lowest BCUT2D eigenvalue weighted by Crippen LogP contribution is -1.87. The molecule has 1 aromatic heterocycles. The highest BCUT2D eigenvalue weighted by Crippen LogP contribution is 2.09. The third-order valence-corrected chi connectivity index (χ3v) is 2.42. The highest BCUT2D eigenvalue weighted by atomic mass is 32.2. The maximum Gasteiger partial charge on any atom is 0.0125 e. The number of hydrogen-bond acceptors (Lipinski definition) is 3. The molecular formula is C6H9NS2. The van der Waals surface area contributed by atoms with Crippen molar-refractivity contribution in [2.24, 2.45) is 5.14 Å². The maximum atomic E-state index is 5.27. The van der Waals surface area contributed by atoms with Crippen LogP contribution in [0.25, 0.3) is 0 Å². The Bertz CT molecular complexity index is 148. The Morgan fingerprint density at radius 1 is 1.67 bits per heavy atom. The summed E-state index contributed by atoms with van der Waals surface area (Å²) in [5.41, 5.74) is 0. The lowest BCUT2D eigenvalue weighted by Gasteiger charge is -1.90. The van der Waals surface area contributed by atoms with Crippen LogP contribution in [0.1, 0.15) is 4.88 Å². The van der Waals surface area contributed by atoms with Crippen molar-refractivity contribution in [3.05, 3.63) is 22.4 Å². The van der Waals surface area contributed by atoms with Crippen LogP contribution in [0.5, 0.6) is 0 Å². The zero-order valence-electron chi connectivity index (χ0n) is 5.04. The molecular weight excluding hydrogens is 150 g/mol. The van der Waals surface area contributed by atoms with E-state index in [2.05, 4.69) is 17.5 Å². The Morgan fingerprint density at radius 3 is 3.11 bits per heavy atom. The standard InChI is InChI=1S/C6H9NS2/c7-9-5-3-6-2-1-4-8-6/h1-2,4H,3,5,7H2. The average Bonchev–Trinajstić information content (AvgIpc) is 2.34. The number of hydrogen-bond donors (Lipinski definition) is 1. The molecule has 1 nitrogen and oxygen atoms in total. The van der Waals surface area contributed by atoms with E-state index in [1.807, 2.05) is 0 Å². The molecule has 0 aliphatic carbocycles. The molecule has 2 N–H and O–H groups in total. The highest BCUT2D eigenvalue weighted by molar-refractivity contribution is 7.97. The first-order valence-corrected chi connectivity index (χ1v) is 4.70. The van der Waals surface area contributed by atoms with Crippen molar-refractivity contribution in [2.45, 2.75) is 6.42 Å². The SMILES string of the molecule is NSCCc1cccs1. The van der Waals surface area contributed by atoms with Gasteiger partial charge in [0, 0.05) is 10.6 Å². The fourth-order valence-corrected chi connectivity index (χ4v) is 1.79. The predicted molar refractivity (Wildman–Crippen MR) is 44.7 cm³/mol. The second-order valence-electron chi connectivity index (χ2n) is 1.70. The third-order valence-electron chi connectivity index (χ3n) is 1.05. The number of rotatable bonds is 3. The van der Waals surface area contributed by atoms with Crippen LogP contribution >= 0.6 is 23.3 Å². The van der Waals surface area contributed by atoms with E-state index in [4.69, 9.17) is 5.14 Å². The molecule has 0 aromatic carbocycles. The summed E-state index contributed by atoms with van der Waals surface area (Å²) >= 11 is 3.20. The van der Waals surface area contributed by atoms with Crippen molar-refractivity contribution < 1.29 is 0 Å². The summed E-state index contributed by atoms with van der Waals surface area (Å²) in [7, 11) is 0. The minimum atomic E-state index is 1.03. The monoisotopic (exact) mass is 159 g/mol. The van der Waals surface area contributed by atoms with E-state index in [-0.39, 0.29) is 0 Å². The first kappa shape index (κ1) is 7.12. The van der Waals surface area contributed by atoms with Crippen LogP contribution < -0.4 is 5.14 Å². The summed E-state index contributed by atoms with van der Waals surface area (Å²) in [5, 5.41) is 7.36. The first-order chi connectivity index (χ1) is 4.43. The largest absolute Gasteiger partial charge is 0.278 e. The van der Waals surface area contributed by atoms with E-state index in [1.54, 1.807) is 11.3 Å². The Balaban J connectivity index is 2.30. The lowest BCUT2D eigenvalue weighted by atomic mass is 10.4. The van der Waals surface area contributed by atoms with Gasteiger partial charge in [0.1, 0.15) is 0 Å². The second kappa shape index (κ2) is 3.93. The van der Waals surface area contributed by atoms with Crippen LogP contribution in [-0.2, 0) is 6.42 Å². The molecule has 0 unspecified atom stereocenters. The molecule has 1 heterocycles. The van der Waals surface area contributed by atoms with Gasteiger partial charge in [0.25, 0.3) is 0 Å². The molecule has 1 rings (SSSR count). The van der Waals surface area contributed by atoms with Crippen LogP contribution in [-0.4, -0.2) is 5.75 Å². The van der Waals surface area contributed by atoms with E-state index >= 15 is 0 Å². The molecule has 50 valence electrons. The number of thiophene rings is 1. The number of nitrogens with two attached hydrogens (primary N) is 1. The molecule has 0 saturated carbocycles. The summed E-state index contributed by atoms with van der Waals surface area (Å²) in [4.78, 5) is 1.42. The summed E-state index contributed by atoms with van der Waals surface area (Å²) in [6, 6.07) is 4.21. The van der Waals surface area contributed by atoms with Gasteiger partial charge >= 0.3 is 0 Å². The lowest BCUT2D eigenvalue weighted by molar-refractivity contribution is 1.21. The van der Waals surface area contributed by atoms with Gasteiger partial charge in [0.2, 0.25) is 0 Å². The number of aryl methyl sites for hydroxylation is 1. The van der Waals surface area contributed by atoms with E-state index in [1.165, 1.54) is 16.8 Å². The van der Waals surface area contributed by atoms with Gasteiger partial charge in [0.05, 0.1) is 0 Å². The molecule has 0 aliphatic heterocycles. The van der Waals surface area contributed by atoms with Crippen LogP contribution in [0.2, 0.25) is 0 Å². The van der Waals surface area contributed by atoms with E-state index in [0.717, 1.165) is 12.2 Å². The van der Waals surface area contributed by atoms with Gasteiger partial charge in [0.15, 0.2) is 0 Å². The molecule has 0 radical (unpaired) electrons. The molecule has 0 atom stereocenters. The molecule has 0 bridgehead atoms. The van der Waals surface area contributed by atoms with Crippen LogP contribution in [0.3, 0.4) is 0 Å². The van der Waals surface area contributed by atoms with E-state index in [0.29, 0.717) is 0 Å². The highest BCUT2D eigenvalue weighted by Gasteiger charge is 1.90. The molecule has 0 amide bonds. The molecule has 1 aromatic rings. The predicted octanol–water partition coefficient (Wildman–Crippen LogP) is 1.90. The van der Waals surface area contributed by atoms with Gasteiger partial charge in [-0.15, -0.1) is 11.3 Å². The van der Waals surface area contributed by atoms with Crippen molar-refractivity contribution in [1.29, 1.82) is 0 Å². The average molecular weight is 159 g/mol. The van der Waals surface area contributed by atoms with Gasteiger partial charge in [-0.05, 0) is 17.9 Å². The Labute approximate surface area is 63.4 Å². The van der Waals surface area contributed by atoms with Gasteiger partial charge in [-0.1, -0.05) is 18.0 Å². The Kier molecular flexibility index (Phi) is 3.11. The zero-order chi connectivity index (χ0) is 6.53. The second-order valence-corrected chi connectivity index (χ2v) is 3.47. The quantitative estimate of drug-likeness (QED) is 0.682. The third kappa shape index (κ3) is 2.39. The molecule has 0 fully saturated rings.